The number of carbonyl (C=O) groups excluding carboxylic acids is 2. The number of aryl methyl sites for hydroxylation is 1. The third-order valence-corrected chi connectivity index (χ3v) is 2.48. The number of aromatic nitrogens is 3. The fourth-order valence-corrected chi connectivity index (χ4v) is 1.45. The van der Waals surface area contributed by atoms with Gasteiger partial charge in [-0.3, -0.25) is 9.48 Å². The lowest BCUT2D eigenvalue weighted by molar-refractivity contribution is -0.147. The van der Waals surface area contributed by atoms with Crippen LogP contribution in [0.5, 0.6) is 0 Å². The van der Waals surface area contributed by atoms with Crippen molar-refractivity contribution in [2.45, 2.75) is 18.9 Å². The van der Waals surface area contributed by atoms with Gasteiger partial charge in [0.05, 0.1) is 13.5 Å². The van der Waals surface area contributed by atoms with Crippen LogP contribution >= 0.6 is 0 Å². The number of amides is 2. The lowest BCUT2D eigenvalue weighted by Gasteiger charge is -2.13. The maximum absolute atomic E-state index is 11.5. The summed E-state index contributed by atoms with van der Waals surface area (Å²) in [6.07, 6.45) is 1.50. The van der Waals surface area contributed by atoms with E-state index in [-0.39, 0.29) is 6.54 Å². The van der Waals surface area contributed by atoms with Crippen LogP contribution in [0.1, 0.15) is 12.2 Å². The molecule has 3 N–H and O–H groups in total. The second-order valence-corrected chi connectivity index (χ2v) is 4.16. The lowest BCUT2D eigenvalue weighted by Crippen LogP contribution is -2.47. The molecule has 0 saturated heterocycles. The third kappa shape index (κ3) is 5.89. The van der Waals surface area contributed by atoms with Gasteiger partial charge in [-0.15, -0.1) is 0 Å². The van der Waals surface area contributed by atoms with Crippen molar-refractivity contribution in [3.63, 3.8) is 0 Å². The molecule has 1 aromatic heterocycles. The number of urea groups is 1. The molecule has 1 atom stereocenters. The minimum absolute atomic E-state index is 0.237. The van der Waals surface area contributed by atoms with Gasteiger partial charge in [-0.25, -0.2) is 14.6 Å². The summed E-state index contributed by atoms with van der Waals surface area (Å²) in [5.74, 6) is -1.48. The molecule has 0 aliphatic rings. The van der Waals surface area contributed by atoms with Gasteiger partial charge in [-0.1, -0.05) is 0 Å². The van der Waals surface area contributed by atoms with Gasteiger partial charge in [0.1, 0.15) is 12.4 Å². The van der Waals surface area contributed by atoms with Gasteiger partial charge in [-0.2, -0.15) is 5.10 Å². The van der Waals surface area contributed by atoms with Crippen molar-refractivity contribution >= 4 is 18.0 Å². The highest BCUT2D eigenvalue weighted by Gasteiger charge is 2.23. The third-order valence-electron chi connectivity index (χ3n) is 2.48. The number of hydrogen-bond acceptors (Lipinski definition) is 6. The van der Waals surface area contributed by atoms with E-state index in [0.29, 0.717) is 12.2 Å². The molecule has 0 radical (unpaired) electrons. The Labute approximate surface area is 120 Å². The Morgan fingerprint density at radius 1 is 1.48 bits per heavy atom. The summed E-state index contributed by atoms with van der Waals surface area (Å²) in [6.45, 7) is 0.237. The normalized spacial score (nSPS) is 11.5. The summed E-state index contributed by atoms with van der Waals surface area (Å²) in [7, 11) is 2.86. The van der Waals surface area contributed by atoms with Crippen LogP contribution in [0.4, 0.5) is 4.79 Å². The number of hydrogen-bond donors (Lipinski definition) is 3. The molecule has 0 bridgehead atoms. The number of carbonyl (C=O) groups is 3. The van der Waals surface area contributed by atoms with Crippen molar-refractivity contribution < 1.29 is 24.2 Å². The topological polar surface area (TPSA) is 135 Å². The molecule has 0 aliphatic heterocycles. The molecule has 10 nitrogen and oxygen atoms in total. The van der Waals surface area contributed by atoms with Gasteiger partial charge in [0.2, 0.25) is 0 Å². The number of rotatable bonds is 7. The van der Waals surface area contributed by atoms with E-state index in [1.807, 2.05) is 0 Å². The number of esters is 1. The number of nitrogens with zero attached hydrogens (tertiary/aromatic N) is 3. The van der Waals surface area contributed by atoms with Gasteiger partial charge in [-0.05, 0) is 0 Å². The van der Waals surface area contributed by atoms with Crippen molar-refractivity contribution in [2.75, 3.05) is 13.7 Å². The molecule has 0 unspecified atom stereocenters. The van der Waals surface area contributed by atoms with E-state index in [0.717, 1.165) is 7.11 Å². The Hall–Kier alpha value is -2.65. The number of carboxylic acids is 1. The standard InChI is InChI=1S/C11H17N5O5/c1-16-6-13-8(15-16)3-4-12-11(20)14-7(10(18)19)5-9(17)21-2/h6-7H,3-5H2,1-2H3,(H,18,19)(H2,12,14,20)/t7-/m0/s1. The fraction of sp³-hybridized carbons (Fsp3) is 0.545. The van der Waals surface area contributed by atoms with Crippen LogP contribution in [0.25, 0.3) is 0 Å². The van der Waals surface area contributed by atoms with Gasteiger partial charge in [0, 0.05) is 20.0 Å². The SMILES string of the molecule is COC(=O)C[C@H](NC(=O)NCCc1ncn(C)n1)C(=O)O. The molecule has 10 heteroatoms. The van der Waals surface area contributed by atoms with Crippen LogP contribution in [0.3, 0.4) is 0 Å². The molecule has 1 rings (SSSR count). The Morgan fingerprint density at radius 2 is 2.19 bits per heavy atom. The summed E-state index contributed by atoms with van der Waals surface area (Å²) in [5.41, 5.74) is 0. The molecular formula is C11H17N5O5. The zero-order valence-corrected chi connectivity index (χ0v) is 11.7. The van der Waals surface area contributed by atoms with Crippen molar-refractivity contribution in [1.29, 1.82) is 0 Å². The molecular weight excluding hydrogens is 282 g/mol. The second kappa shape index (κ2) is 7.82. The molecule has 0 aliphatic carbocycles. The van der Waals surface area contributed by atoms with Crippen LogP contribution in [-0.2, 0) is 27.8 Å². The molecule has 2 amide bonds. The number of ether oxygens (including phenoxy) is 1. The van der Waals surface area contributed by atoms with E-state index in [9.17, 15) is 14.4 Å². The molecule has 21 heavy (non-hydrogen) atoms. The molecule has 0 fully saturated rings. The first-order valence-electron chi connectivity index (χ1n) is 6.11. The molecule has 0 saturated carbocycles. The molecule has 1 aromatic rings. The first kappa shape index (κ1) is 16.4. The summed E-state index contributed by atoms with van der Waals surface area (Å²) in [4.78, 5) is 37.5. The summed E-state index contributed by atoms with van der Waals surface area (Å²) in [5, 5.41) is 17.6. The average Bonchev–Trinajstić information content (AvgIpc) is 2.83. The first-order valence-corrected chi connectivity index (χ1v) is 6.11. The quantitative estimate of drug-likeness (QED) is 0.531. The summed E-state index contributed by atoms with van der Waals surface area (Å²) >= 11 is 0. The first-order chi connectivity index (χ1) is 9.92. The number of methoxy groups -OCH3 is 1. The van der Waals surface area contributed by atoms with Crippen LogP contribution in [-0.4, -0.2) is 57.5 Å². The highest BCUT2D eigenvalue weighted by molar-refractivity contribution is 5.86. The highest BCUT2D eigenvalue weighted by atomic mass is 16.5. The average molecular weight is 299 g/mol. The van der Waals surface area contributed by atoms with E-state index < -0.39 is 30.4 Å². The van der Waals surface area contributed by atoms with E-state index in [2.05, 4.69) is 25.5 Å². The van der Waals surface area contributed by atoms with E-state index in [1.54, 1.807) is 7.05 Å². The Bertz CT molecular complexity index is 515. The van der Waals surface area contributed by atoms with Crippen molar-refractivity contribution in [1.82, 2.24) is 25.4 Å². The van der Waals surface area contributed by atoms with E-state index in [4.69, 9.17) is 5.11 Å². The van der Waals surface area contributed by atoms with Crippen LogP contribution in [0, 0.1) is 0 Å². The molecule has 116 valence electrons. The van der Waals surface area contributed by atoms with Gasteiger partial charge in [0.25, 0.3) is 0 Å². The second-order valence-electron chi connectivity index (χ2n) is 4.16. The number of aliphatic carboxylic acids is 1. The minimum Gasteiger partial charge on any atom is -0.480 e. The van der Waals surface area contributed by atoms with E-state index in [1.165, 1.54) is 11.0 Å². The van der Waals surface area contributed by atoms with Crippen molar-refractivity contribution in [3.8, 4) is 0 Å². The Kier molecular flexibility index (Phi) is 6.11. The Morgan fingerprint density at radius 3 is 2.71 bits per heavy atom. The highest BCUT2D eigenvalue weighted by Crippen LogP contribution is 1.95. The van der Waals surface area contributed by atoms with Crippen LogP contribution in [0.2, 0.25) is 0 Å². The molecule has 0 aromatic carbocycles. The lowest BCUT2D eigenvalue weighted by atomic mass is 10.2. The maximum Gasteiger partial charge on any atom is 0.326 e. The minimum atomic E-state index is -1.34. The van der Waals surface area contributed by atoms with Crippen LogP contribution in [0.15, 0.2) is 6.33 Å². The number of nitrogens with one attached hydrogen (secondary N) is 2. The smallest absolute Gasteiger partial charge is 0.326 e. The zero-order chi connectivity index (χ0) is 15.8. The largest absolute Gasteiger partial charge is 0.480 e. The van der Waals surface area contributed by atoms with Gasteiger partial charge < -0.3 is 20.5 Å². The van der Waals surface area contributed by atoms with Crippen molar-refractivity contribution in [3.05, 3.63) is 12.2 Å². The predicted octanol–water partition coefficient (Wildman–Crippen LogP) is -1.33. The van der Waals surface area contributed by atoms with E-state index >= 15 is 0 Å². The monoisotopic (exact) mass is 299 g/mol. The fourth-order valence-electron chi connectivity index (χ4n) is 1.45. The van der Waals surface area contributed by atoms with Gasteiger partial charge in [0.15, 0.2) is 5.82 Å². The summed E-state index contributed by atoms with van der Waals surface area (Å²) < 4.78 is 5.89. The van der Waals surface area contributed by atoms with Gasteiger partial charge >= 0.3 is 18.0 Å². The predicted molar refractivity (Wildman–Crippen MR) is 69.3 cm³/mol. The maximum atomic E-state index is 11.5. The Balaban J connectivity index is 2.36. The summed E-state index contributed by atoms with van der Waals surface area (Å²) in [6, 6.07) is -2.03. The van der Waals surface area contributed by atoms with Crippen LogP contribution < -0.4 is 10.6 Å². The van der Waals surface area contributed by atoms with Crippen molar-refractivity contribution in [2.24, 2.45) is 7.05 Å². The molecule has 1 heterocycles. The molecule has 0 spiro atoms. The zero-order valence-electron chi connectivity index (χ0n) is 11.7. The number of carboxylic acid groups (broad SMARTS) is 1.